The molecule has 7 nitrogen and oxygen atoms in total. The summed E-state index contributed by atoms with van der Waals surface area (Å²) >= 11 is 0. The Kier molecular flexibility index (Phi) is 6.17. The highest BCUT2D eigenvalue weighted by atomic mass is 16.2. The van der Waals surface area contributed by atoms with Crippen LogP contribution in [0.3, 0.4) is 0 Å². The number of piperidine rings is 2. The van der Waals surface area contributed by atoms with Gasteiger partial charge >= 0.3 is 0 Å². The zero-order valence-corrected chi connectivity index (χ0v) is 20.5. The second-order valence-corrected chi connectivity index (χ2v) is 10.6. The van der Waals surface area contributed by atoms with Crippen molar-refractivity contribution in [3.63, 3.8) is 0 Å². The van der Waals surface area contributed by atoms with Crippen molar-refractivity contribution in [3.8, 4) is 0 Å². The smallest absolute Gasteiger partial charge is 0.254 e. The van der Waals surface area contributed by atoms with Crippen LogP contribution < -0.4 is 9.80 Å². The maximum Gasteiger partial charge on any atom is 0.254 e. The van der Waals surface area contributed by atoms with Crippen molar-refractivity contribution in [2.75, 3.05) is 42.5 Å². The third kappa shape index (κ3) is 4.65. The van der Waals surface area contributed by atoms with Gasteiger partial charge in [-0.2, -0.15) is 0 Å². The Morgan fingerprint density at radius 1 is 0.771 bits per heavy atom. The van der Waals surface area contributed by atoms with Crippen molar-refractivity contribution >= 4 is 23.2 Å². The Morgan fingerprint density at radius 2 is 1.49 bits per heavy atom. The van der Waals surface area contributed by atoms with Crippen LogP contribution in [0.25, 0.3) is 0 Å². The summed E-state index contributed by atoms with van der Waals surface area (Å²) in [6.45, 7) is 5.11. The first-order chi connectivity index (χ1) is 17.2. The van der Waals surface area contributed by atoms with Gasteiger partial charge in [0, 0.05) is 67.8 Å². The van der Waals surface area contributed by atoms with Crippen molar-refractivity contribution in [1.29, 1.82) is 0 Å². The van der Waals surface area contributed by atoms with E-state index in [2.05, 4.69) is 31.9 Å². The van der Waals surface area contributed by atoms with Crippen LogP contribution >= 0.6 is 0 Å². The van der Waals surface area contributed by atoms with Crippen LogP contribution in [-0.4, -0.2) is 59.3 Å². The molecule has 0 bridgehead atoms. The average molecular weight is 474 g/mol. The number of carbonyl (C=O) groups is 2. The molecule has 1 aromatic carbocycles. The Hall–Kier alpha value is -2.96. The Balaban J connectivity index is 1.14. The second kappa shape index (κ2) is 9.59. The first-order valence-corrected chi connectivity index (χ1v) is 13.4. The van der Waals surface area contributed by atoms with E-state index >= 15 is 0 Å². The van der Waals surface area contributed by atoms with Crippen LogP contribution in [0.5, 0.6) is 0 Å². The van der Waals surface area contributed by atoms with Gasteiger partial charge in [0.1, 0.15) is 17.9 Å². The standard InChI is InChI=1S/C28H35N5O2/c34-26(20-4-5-20)21-10-15-32(16-11-21)27-24-18-33(17-12-25(24)29-19-30-27)28(35)22-6-8-23(9-7-22)31-13-2-1-3-14-31/h6-9,19-21H,1-5,10-18H2. The van der Waals surface area contributed by atoms with Gasteiger partial charge in [0.25, 0.3) is 5.91 Å². The zero-order chi connectivity index (χ0) is 23.8. The Morgan fingerprint density at radius 3 is 2.20 bits per heavy atom. The molecule has 0 spiro atoms. The van der Waals surface area contributed by atoms with Gasteiger partial charge in [0.05, 0.1) is 12.2 Å². The van der Waals surface area contributed by atoms with Crippen molar-refractivity contribution < 1.29 is 9.59 Å². The normalized spacial score (nSPS) is 21.1. The SMILES string of the molecule is O=C(C1CC1)C1CCN(c2ncnc3c2CN(C(=O)c2ccc(N4CCCCC4)cc2)CC3)CC1. The molecule has 6 rings (SSSR count). The van der Waals surface area contributed by atoms with Gasteiger partial charge in [0.15, 0.2) is 0 Å². The third-order valence-corrected chi connectivity index (χ3v) is 8.28. The van der Waals surface area contributed by atoms with Crippen LogP contribution in [-0.2, 0) is 17.8 Å². The van der Waals surface area contributed by atoms with E-state index in [1.54, 1.807) is 6.33 Å². The van der Waals surface area contributed by atoms with E-state index in [-0.39, 0.29) is 11.8 Å². The number of rotatable bonds is 5. The van der Waals surface area contributed by atoms with Crippen LogP contribution in [0.15, 0.2) is 30.6 Å². The maximum atomic E-state index is 13.4. The zero-order valence-electron chi connectivity index (χ0n) is 20.5. The van der Waals surface area contributed by atoms with Crippen molar-refractivity contribution in [3.05, 3.63) is 47.4 Å². The lowest BCUT2D eigenvalue weighted by Gasteiger charge is -2.36. The second-order valence-electron chi connectivity index (χ2n) is 10.6. The number of aromatic nitrogens is 2. The van der Waals surface area contributed by atoms with Gasteiger partial charge in [0.2, 0.25) is 0 Å². The van der Waals surface area contributed by atoms with Gasteiger partial charge < -0.3 is 14.7 Å². The van der Waals surface area contributed by atoms with Crippen molar-refractivity contribution in [2.24, 2.45) is 11.8 Å². The molecule has 1 saturated carbocycles. The molecule has 0 unspecified atom stereocenters. The van der Waals surface area contributed by atoms with Gasteiger partial charge in [-0.1, -0.05) is 0 Å². The van der Waals surface area contributed by atoms with Gasteiger partial charge in [-0.15, -0.1) is 0 Å². The number of fused-ring (bicyclic) bond motifs is 1. The minimum absolute atomic E-state index is 0.0735. The number of nitrogens with zero attached hydrogens (tertiary/aromatic N) is 5. The molecule has 7 heteroatoms. The highest BCUT2D eigenvalue weighted by Gasteiger charge is 2.37. The molecule has 2 aromatic rings. The van der Waals surface area contributed by atoms with E-state index in [0.717, 1.165) is 80.9 Å². The van der Waals surface area contributed by atoms with Gasteiger partial charge in [-0.3, -0.25) is 9.59 Å². The van der Waals surface area contributed by atoms with E-state index in [9.17, 15) is 9.59 Å². The molecule has 2 saturated heterocycles. The van der Waals surface area contributed by atoms with E-state index in [1.165, 1.54) is 24.9 Å². The summed E-state index contributed by atoms with van der Waals surface area (Å²) in [5, 5.41) is 0. The predicted octanol–water partition coefficient (Wildman–Crippen LogP) is 3.86. The number of hydrogen-bond donors (Lipinski definition) is 0. The molecule has 3 aliphatic heterocycles. The summed E-state index contributed by atoms with van der Waals surface area (Å²) in [5.41, 5.74) is 4.08. The molecule has 0 N–H and O–H groups in total. The minimum atomic E-state index is 0.0735. The largest absolute Gasteiger partial charge is 0.372 e. The van der Waals surface area contributed by atoms with Gasteiger partial charge in [-0.05, 0) is 69.2 Å². The van der Waals surface area contributed by atoms with E-state index in [4.69, 9.17) is 0 Å². The third-order valence-electron chi connectivity index (χ3n) is 8.28. The van der Waals surface area contributed by atoms with Crippen LogP contribution in [0.1, 0.15) is 66.6 Å². The predicted molar refractivity (Wildman–Crippen MR) is 136 cm³/mol. The molecule has 0 atom stereocenters. The topological polar surface area (TPSA) is 69.6 Å². The summed E-state index contributed by atoms with van der Waals surface area (Å²) in [5.74, 6) is 2.06. The number of carbonyl (C=O) groups excluding carboxylic acids is 2. The highest BCUT2D eigenvalue weighted by Crippen LogP contribution is 2.36. The maximum absolute atomic E-state index is 13.4. The fourth-order valence-electron chi connectivity index (χ4n) is 6.00. The summed E-state index contributed by atoms with van der Waals surface area (Å²) < 4.78 is 0. The molecule has 1 aliphatic carbocycles. The monoisotopic (exact) mass is 473 g/mol. The summed E-state index contributed by atoms with van der Waals surface area (Å²) in [4.78, 5) is 41.8. The number of hydrogen-bond acceptors (Lipinski definition) is 6. The van der Waals surface area contributed by atoms with Crippen LogP contribution in [0, 0.1) is 11.8 Å². The number of ketones is 1. The fraction of sp³-hybridized carbons (Fsp3) is 0.571. The first kappa shape index (κ1) is 22.5. The van der Waals surface area contributed by atoms with E-state index in [0.29, 0.717) is 24.8 Å². The Labute approximate surface area is 207 Å². The quantitative estimate of drug-likeness (QED) is 0.657. The Bertz CT molecular complexity index is 1080. The molecular weight excluding hydrogens is 438 g/mol. The van der Waals surface area contributed by atoms with E-state index in [1.807, 2.05) is 17.0 Å². The molecule has 35 heavy (non-hydrogen) atoms. The summed E-state index contributed by atoms with van der Waals surface area (Å²) in [6.07, 6.45) is 10.2. The molecule has 4 heterocycles. The molecule has 4 aliphatic rings. The fourth-order valence-corrected chi connectivity index (χ4v) is 6.00. The summed E-state index contributed by atoms with van der Waals surface area (Å²) in [6, 6.07) is 8.15. The van der Waals surface area contributed by atoms with Crippen molar-refractivity contribution in [1.82, 2.24) is 14.9 Å². The summed E-state index contributed by atoms with van der Waals surface area (Å²) in [7, 11) is 0. The number of benzene rings is 1. The number of amides is 1. The molecule has 0 radical (unpaired) electrons. The molecule has 3 fully saturated rings. The molecule has 184 valence electrons. The molecule has 1 aromatic heterocycles. The number of anilines is 2. The van der Waals surface area contributed by atoms with Crippen molar-refractivity contribution in [2.45, 2.75) is 57.9 Å². The lowest BCUT2D eigenvalue weighted by Crippen LogP contribution is -2.41. The molecular formula is C28H35N5O2. The lowest BCUT2D eigenvalue weighted by atomic mass is 9.90. The van der Waals surface area contributed by atoms with Gasteiger partial charge in [-0.25, -0.2) is 9.97 Å². The van der Waals surface area contributed by atoms with E-state index < -0.39 is 0 Å². The average Bonchev–Trinajstić information content (AvgIpc) is 3.78. The minimum Gasteiger partial charge on any atom is -0.372 e. The molecule has 1 amide bonds. The first-order valence-electron chi connectivity index (χ1n) is 13.4. The van der Waals surface area contributed by atoms with Crippen LogP contribution in [0.4, 0.5) is 11.5 Å². The number of Topliss-reactive ketones (excluding diaryl/α,β-unsaturated/α-hetero) is 1. The highest BCUT2D eigenvalue weighted by molar-refractivity contribution is 5.94. The van der Waals surface area contributed by atoms with Crippen LogP contribution in [0.2, 0.25) is 0 Å². The lowest BCUT2D eigenvalue weighted by molar-refractivity contribution is -0.124.